The Hall–Kier alpha value is -2.63. The highest BCUT2D eigenvalue weighted by atomic mass is 35.5. The van der Waals surface area contributed by atoms with E-state index >= 15 is 0 Å². The lowest BCUT2D eigenvalue weighted by molar-refractivity contribution is 0.102. The molecular weight excluding hydrogens is 378 g/mol. The second-order valence-corrected chi connectivity index (χ2v) is 6.37. The van der Waals surface area contributed by atoms with Crippen LogP contribution in [-0.4, -0.2) is 10.5 Å². The Morgan fingerprint density at radius 1 is 1.08 bits per heavy atom. The number of nitrogens with zero attached hydrogens (tertiary/aromatic N) is 1. The van der Waals surface area contributed by atoms with Crippen molar-refractivity contribution in [2.24, 2.45) is 0 Å². The van der Waals surface area contributed by atoms with Gasteiger partial charge in [-0.25, -0.2) is 4.39 Å². The molecular formula is C19H13Cl2FN2O2. The predicted molar refractivity (Wildman–Crippen MR) is 101 cm³/mol. The third kappa shape index (κ3) is 3.95. The Bertz CT molecular complexity index is 1030. The number of pyridine rings is 1. The number of aromatic nitrogens is 1. The van der Waals surface area contributed by atoms with Crippen LogP contribution in [0, 0.1) is 5.82 Å². The molecule has 132 valence electrons. The summed E-state index contributed by atoms with van der Waals surface area (Å²) in [6, 6.07) is 13.7. The number of carbonyl (C=O) groups excluding carboxylic acids is 1. The van der Waals surface area contributed by atoms with Crippen LogP contribution in [-0.2, 0) is 6.54 Å². The summed E-state index contributed by atoms with van der Waals surface area (Å²) in [6.45, 7) is 0.176. The van der Waals surface area contributed by atoms with Gasteiger partial charge in [-0.05, 0) is 42.0 Å². The highest BCUT2D eigenvalue weighted by Gasteiger charge is 2.14. The fraction of sp³-hybridized carbons (Fsp3) is 0.0526. The van der Waals surface area contributed by atoms with Gasteiger partial charge in [-0.2, -0.15) is 0 Å². The highest BCUT2D eigenvalue weighted by Crippen LogP contribution is 2.21. The fourth-order valence-corrected chi connectivity index (χ4v) is 2.89. The normalized spacial score (nSPS) is 10.6. The summed E-state index contributed by atoms with van der Waals surface area (Å²) >= 11 is 12.0. The third-order valence-corrected chi connectivity index (χ3v) is 4.33. The van der Waals surface area contributed by atoms with Crippen LogP contribution in [0.25, 0.3) is 0 Å². The molecule has 1 amide bonds. The number of halogens is 3. The molecule has 1 N–H and O–H groups in total. The van der Waals surface area contributed by atoms with Crippen LogP contribution in [0.5, 0.6) is 0 Å². The van der Waals surface area contributed by atoms with Gasteiger partial charge >= 0.3 is 0 Å². The number of para-hydroxylation sites is 1. The molecule has 0 atom stereocenters. The van der Waals surface area contributed by atoms with Crippen molar-refractivity contribution in [1.29, 1.82) is 0 Å². The van der Waals surface area contributed by atoms with Crippen LogP contribution < -0.4 is 10.9 Å². The standard InChI is InChI=1S/C19H13Cl2FN2O2/c20-13-8-7-12(15(21)10-13)11-24-9-3-4-14(19(24)26)18(25)23-17-6-2-1-5-16(17)22/h1-10H,11H2,(H,23,25). The molecule has 0 aliphatic rings. The van der Waals surface area contributed by atoms with Gasteiger partial charge in [0, 0.05) is 16.2 Å². The van der Waals surface area contributed by atoms with Crippen LogP contribution in [0.4, 0.5) is 10.1 Å². The van der Waals surface area contributed by atoms with Gasteiger partial charge in [0.2, 0.25) is 0 Å². The molecule has 26 heavy (non-hydrogen) atoms. The molecule has 2 aromatic carbocycles. The van der Waals surface area contributed by atoms with Crippen molar-refractivity contribution in [1.82, 2.24) is 4.57 Å². The predicted octanol–water partition coefficient (Wildman–Crippen LogP) is 4.59. The zero-order valence-electron chi connectivity index (χ0n) is 13.4. The van der Waals surface area contributed by atoms with Crippen molar-refractivity contribution in [3.8, 4) is 0 Å². The van der Waals surface area contributed by atoms with E-state index in [0.717, 1.165) is 0 Å². The van der Waals surface area contributed by atoms with E-state index in [0.29, 0.717) is 15.6 Å². The summed E-state index contributed by atoms with van der Waals surface area (Å²) in [7, 11) is 0. The van der Waals surface area contributed by atoms with Crippen molar-refractivity contribution in [2.45, 2.75) is 6.54 Å². The van der Waals surface area contributed by atoms with Gasteiger partial charge in [-0.15, -0.1) is 0 Å². The van der Waals surface area contributed by atoms with Crippen LogP contribution in [0.2, 0.25) is 10.0 Å². The first-order chi connectivity index (χ1) is 12.5. The average molecular weight is 391 g/mol. The molecule has 0 bridgehead atoms. The van der Waals surface area contributed by atoms with E-state index in [9.17, 15) is 14.0 Å². The first kappa shape index (κ1) is 18.2. The number of rotatable bonds is 4. The van der Waals surface area contributed by atoms with E-state index in [1.807, 2.05) is 0 Å². The van der Waals surface area contributed by atoms with Gasteiger partial charge in [-0.1, -0.05) is 41.4 Å². The SMILES string of the molecule is O=C(Nc1ccccc1F)c1cccn(Cc2ccc(Cl)cc2Cl)c1=O. The first-order valence-corrected chi connectivity index (χ1v) is 8.40. The highest BCUT2D eigenvalue weighted by molar-refractivity contribution is 6.35. The van der Waals surface area contributed by atoms with Crippen molar-refractivity contribution in [3.63, 3.8) is 0 Å². The van der Waals surface area contributed by atoms with Gasteiger partial charge in [0.1, 0.15) is 11.4 Å². The molecule has 7 heteroatoms. The maximum absolute atomic E-state index is 13.7. The molecule has 0 saturated carbocycles. The largest absolute Gasteiger partial charge is 0.319 e. The van der Waals surface area contributed by atoms with E-state index in [4.69, 9.17) is 23.2 Å². The minimum Gasteiger partial charge on any atom is -0.319 e. The fourth-order valence-electron chi connectivity index (χ4n) is 2.42. The number of hydrogen-bond acceptors (Lipinski definition) is 2. The smallest absolute Gasteiger partial charge is 0.263 e. The Morgan fingerprint density at radius 2 is 1.85 bits per heavy atom. The molecule has 3 aromatic rings. The number of amides is 1. The third-order valence-electron chi connectivity index (χ3n) is 3.74. The molecule has 0 aliphatic heterocycles. The number of anilines is 1. The number of benzene rings is 2. The van der Waals surface area contributed by atoms with Crippen LogP contribution >= 0.6 is 23.2 Å². The summed E-state index contributed by atoms with van der Waals surface area (Å²) in [4.78, 5) is 25.0. The quantitative estimate of drug-likeness (QED) is 0.707. The van der Waals surface area contributed by atoms with Crippen LogP contribution in [0.15, 0.2) is 65.6 Å². The molecule has 0 radical (unpaired) electrons. The van der Waals surface area contributed by atoms with E-state index in [1.165, 1.54) is 28.8 Å². The van der Waals surface area contributed by atoms with Gasteiger partial charge < -0.3 is 9.88 Å². The monoisotopic (exact) mass is 390 g/mol. The lowest BCUT2D eigenvalue weighted by Crippen LogP contribution is -2.29. The molecule has 0 spiro atoms. The van der Waals surface area contributed by atoms with Crippen molar-refractivity contribution < 1.29 is 9.18 Å². The molecule has 4 nitrogen and oxygen atoms in total. The molecule has 0 fully saturated rings. The maximum atomic E-state index is 13.7. The average Bonchev–Trinajstić information content (AvgIpc) is 2.61. The lowest BCUT2D eigenvalue weighted by atomic mass is 10.2. The van der Waals surface area contributed by atoms with Crippen molar-refractivity contribution >= 4 is 34.8 Å². The Kier molecular flexibility index (Phi) is 5.40. The van der Waals surface area contributed by atoms with Crippen molar-refractivity contribution in [3.05, 3.63) is 98.1 Å². The second kappa shape index (κ2) is 7.72. The Balaban J connectivity index is 1.88. The van der Waals surface area contributed by atoms with Gasteiger partial charge in [-0.3, -0.25) is 9.59 Å². The molecule has 0 unspecified atom stereocenters. The minimum atomic E-state index is -0.684. The van der Waals surface area contributed by atoms with Crippen LogP contribution in [0.3, 0.4) is 0 Å². The van der Waals surface area contributed by atoms with Gasteiger partial charge in [0.15, 0.2) is 0 Å². The van der Waals surface area contributed by atoms with E-state index < -0.39 is 17.3 Å². The summed E-state index contributed by atoms with van der Waals surface area (Å²) in [5.74, 6) is -1.26. The Morgan fingerprint density at radius 3 is 2.58 bits per heavy atom. The summed E-state index contributed by atoms with van der Waals surface area (Å²) in [5.41, 5.74) is 0.0890. The van der Waals surface area contributed by atoms with E-state index in [2.05, 4.69) is 5.32 Å². The molecule has 1 aromatic heterocycles. The minimum absolute atomic E-state index is 0.00745. The van der Waals surface area contributed by atoms with E-state index in [1.54, 1.807) is 36.5 Å². The zero-order chi connectivity index (χ0) is 18.7. The summed E-state index contributed by atoms with van der Waals surface area (Å²) < 4.78 is 15.0. The summed E-state index contributed by atoms with van der Waals surface area (Å²) in [5, 5.41) is 3.32. The molecule has 1 heterocycles. The van der Waals surface area contributed by atoms with E-state index in [-0.39, 0.29) is 17.8 Å². The Labute approximate surface area is 158 Å². The second-order valence-electron chi connectivity index (χ2n) is 5.52. The molecule has 3 rings (SSSR count). The number of hydrogen-bond donors (Lipinski definition) is 1. The maximum Gasteiger partial charge on any atom is 0.263 e. The zero-order valence-corrected chi connectivity index (χ0v) is 14.9. The number of carbonyl (C=O) groups is 1. The van der Waals surface area contributed by atoms with Gasteiger partial charge in [0.05, 0.1) is 12.2 Å². The van der Waals surface area contributed by atoms with Crippen LogP contribution in [0.1, 0.15) is 15.9 Å². The summed E-state index contributed by atoms with van der Waals surface area (Å²) in [6.07, 6.45) is 1.55. The first-order valence-electron chi connectivity index (χ1n) is 7.65. The molecule has 0 saturated heterocycles. The molecule has 0 aliphatic carbocycles. The number of nitrogens with one attached hydrogen (secondary N) is 1. The lowest BCUT2D eigenvalue weighted by Gasteiger charge is -2.10. The van der Waals surface area contributed by atoms with Crippen molar-refractivity contribution in [2.75, 3.05) is 5.32 Å². The topological polar surface area (TPSA) is 51.1 Å². The van der Waals surface area contributed by atoms with Gasteiger partial charge in [0.25, 0.3) is 11.5 Å².